The quantitative estimate of drug-likeness (QED) is 0.553. The molecule has 4 aromatic rings. The highest BCUT2D eigenvalue weighted by molar-refractivity contribution is 6.03. The minimum absolute atomic E-state index is 0.276. The normalized spacial score (nSPS) is 10.8. The molecule has 28 heavy (non-hydrogen) atoms. The highest BCUT2D eigenvalue weighted by atomic mass is 19.1. The zero-order valence-corrected chi connectivity index (χ0v) is 15.2. The largest absolute Gasteiger partial charge is 0.318 e. The molecule has 0 spiro atoms. The first-order valence-electron chi connectivity index (χ1n) is 8.77. The summed E-state index contributed by atoms with van der Waals surface area (Å²) in [6, 6.07) is 15.9. The Morgan fingerprint density at radius 1 is 1.14 bits per heavy atom. The Morgan fingerprint density at radius 2 is 1.89 bits per heavy atom. The van der Waals surface area contributed by atoms with Crippen molar-refractivity contribution in [1.29, 1.82) is 0 Å². The first-order valence-corrected chi connectivity index (χ1v) is 8.77. The molecule has 0 aliphatic carbocycles. The van der Waals surface area contributed by atoms with Crippen molar-refractivity contribution in [2.24, 2.45) is 0 Å². The fourth-order valence-electron chi connectivity index (χ4n) is 2.80. The van der Waals surface area contributed by atoms with Gasteiger partial charge < -0.3 is 5.32 Å². The molecule has 4 rings (SSSR count). The van der Waals surface area contributed by atoms with Crippen LogP contribution in [0, 0.1) is 12.7 Å². The van der Waals surface area contributed by atoms with Crippen LogP contribution in [0.1, 0.15) is 21.6 Å². The third kappa shape index (κ3) is 3.98. The fourth-order valence-corrected chi connectivity index (χ4v) is 2.80. The lowest BCUT2D eigenvalue weighted by Gasteiger charge is -2.02. The first-order chi connectivity index (χ1) is 13.6. The molecule has 7 heteroatoms. The van der Waals surface area contributed by atoms with E-state index < -0.39 is 0 Å². The van der Waals surface area contributed by atoms with Crippen LogP contribution in [-0.4, -0.2) is 25.9 Å². The molecule has 0 atom stereocenters. The molecule has 0 radical (unpaired) electrons. The number of aryl methyl sites for hydroxylation is 1. The van der Waals surface area contributed by atoms with Crippen LogP contribution in [0.3, 0.4) is 0 Å². The summed E-state index contributed by atoms with van der Waals surface area (Å²) >= 11 is 0. The molecule has 140 valence electrons. The van der Waals surface area contributed by atoms with Gasteiger partial charge in [0.1, 0.15) is 11.5 Å². The van der Waals surface area contributed by atoms with Crippen molar-refractivity contribution in [3.8, 4) is 11.3 Å². The summed E-state index contributed by atoms with van der Waals surface area (Å²) in [6.07, 6.45) is 3.29. The van der Waals surface area contributed by atoms with E-state index in [0.29, 0.717) is 23.6 Å². The number of hydrogen-bond acceptors (Lipinski definition) is 3. The van der Waals surface area contributed by atoms with E-state index in [1.165, 1.54) is 12.1 Å². The molecule has 0 saturated carbocycles. The van der Waals surface area contributed by atoms with Crippen molar-refractivity contribution in [3.63, 3.8) is 0 Å². The van der Waals surface area contributed by atoms with Gasteiger partial charge in [0.15, 0.2) is 0 Å². The second-order valence-electron chi connectivity index (χ2n) is 6.54. The highest BCUT2D eigenvalue weighted by Crippen LogP contribution is 2.19. The average molecular weight is 375 g/mol. The molecule has 2 aromatic heterocycles. The van der Waals surface area contributed by atoms with Crippen molar-refractivity contribution in [2.45, 2.75) is 13.5 Å². The van der Waals surface area contributed by atoms with Gasteiger partial charge in [0.25, 0.3) is 5.91 Å². The Bertz CT molecular complexity index is 1100. The molecule has 0 saturated heterocycles. The Balaban J connectivity index is 1.42. The van der Waals surface area contributed by atoms with Crippen LogP contribution in [0.5, 0.6) is 0 Å². The summed E-state index contributed by atoms with van der Waals surface area (Å²) < 4.78 is 14.7. The number of H-pyrrole nitrogens is 1. The molecular weight excluding hydrogens is 357 g/mol. The fraction of sp³-hybridized carbons (Fsp3) is 0.0952. The number of halogens is 1. The number of amides is 1. The summed E-state index contributed by atoms with van der Waals surface area (Å²) in [7, 11) is 0. The monoisotopic (exact) mass is 375 g/mol. The van der Waals surface area contributed by atoms with Crippen molar-refractivity contribution < 1.29 is 9.18 Å². The van der Waals surface area contributed by atoms with Crippen LogP contribution >= 0.6 is 0 Å². The van der Waals surface area contributed by atoms with Gasteiger partial charge >= 0.3 is 0 Å². The molecule has 1 amide bonds. The molecule has 0 fully saturated rings. The van der Waals surface area contributed by atoms with Crippen LogP contribution in [0.25, 0.3) is 11.3 Å². The molecule has 0 unspecified atom stereocenters. The summed E-state index contributed by atoms with van der Waals surface area (Å²) in [6.45, 7) is 2.50. The number of carbonyl (C=O) groups excluding carboxylic acids is 1. The number of hydrogen-bond donors (Lipinski definition) is 2. The third-order valence-electron chi connectivity index (χ3n) is 4.32. The minimum Gasteiger partial charge on any atom is -0.318 e. The number of carbonyl (C=O) groups is 1. The van der Waals surface area contributed by atoms with E-state index in [2.05, 4.69) is 20.6 Å². The maximum atomic E-state index is 13.0. The van der Waals surface area contributed by atoms with Crippen molar-refractivity contribution in [2.75, 3.05) is 5.32 Å². The Labute approximate surface area is 161 Å². The molecule has 0 aliphatic heterocycles. The van der Waals surface area contributed by atoms with Gasteiger partial charge in [-0.15, -0.1) is 0 Å². The van der Waals surface area contributed by atoms with Crippen LogP contribution in [-0.2, 0) is 6.54 Å². The molecule has 2 aromatic carbocycles. The zero-order valence-electron chi connectivity index (χ0n) is 15.2. The van der Waals surface area contributed by atoms with E-state index in [1.54, 1.807) is 35.3 Å². The third-order valence-corrected chi connectivity index (χ3v) is 4.32. The number of rotatable bonds is 5. The van der Waals surface area contributed by atoms with Gasteiger partial charge in [0.05, 0.1) is 24.1 Å². The van der Waals surface area contributed by atoms with E-state index in [-0.39, 0.29) is 11.7 Å². The molecule has 2 N–H and O–H groups in total. The Morgan fingerprint density at radius 3 is 2.64 bits per heavy atom. The first kappa shape index (κ1) is 17.7. The number of anilines is 1. The van der Waals surface area contributed by atoms with Gasteiger partial charge in [0.2, 0.25) is 0 Å². The molecule has 0 aliphatic rings. The van der Waals surface area contributed by atoms with Gasteiger partial charge in [-0.1, -0.05) is 42.0 Å². The van der Waals surface area contributed by atoms with Gasteiger partial charge in [-0.3, -0.25) is 14.6 Å². The summed E-state index contributed by atoms with van der Waals surface area (Å²) in [5.74, 6) is -0.575. The number of nitrogens with zero attached hydrogens (tertiary/aromatic N) is 3. The molecular formula is C21H18FN5O. The number of benzene rings is 2. The van der Waals surface area contributed by atoms with Gasteiger partial charge in [-0.05, 0) is 30.7 Å². The second-order valence-corrected chi connectivity index (χ2v) is 6.54. The summed E-state index contributed by atoms with van der Waals surface area (Å²) in [5.41, 5.74) is 4.65. The van der Waals surface area contributed by atoms with E-state index in [4.69, 9.17) is 0 Å². The van der Waals surface area contributed by atoms with E-state index in [1.807, 2.05) is 31.2 Å². The van der Waals surface area contributed by atoms with Gasteiger partial charge in [-0.25, -0.2) is 4.39 Å². The topological polar surface area (TPSA) is 75.6 Å². The van der Waals surface area contributed by atoms with Crippen LogP contribution in [0.15, 0.2) is 67.0 Å². The smallest absolute Gasteiger partial charge is 0.273 e. The zero-order chi connectivity index (χ0) is 19.5. The lowest BCUT2D eigenvalue weighted by atomic mass is 10.1. The predicted octanol–water partition coefficient (Wildman–Crippen LogP) is 4.02. The van der Waals surface area contributed by atoms with Crippen LogP contribution in [0.4, 0.5) is 10.1 Å². The van der Waals surface area contributed by atoms with Crippen molar-refractivity contribution in [3.05, 3.63) is 89.6 Å². The summed E-state index contributed by atoms with van der Waals surface area (Å²) in [5, 5.41) is 14.0. The van der Waals surface area contributed by atoms with Crippen molar-refractivity contribution >= 4 is 11.6 Å². The standard InChI is InChI=1S/C21H18FN5O/c1-14-2-6-16(7-3-14)19-10-20(26-25-19)21(28)24-18-11-23-27(13-18)12-15-4-8-17(22)9-5-15/h2-11,13H,12H2,1H3,(H,24,28)(H,25,26). The second kappa shape index (κ2) is 7.48. The molecule has 2 heterocycles. The predicted molar refractivity (Wildman–Crippen MR) is 104 cm³/mol. The lowest BCUT2D eigenvalue weighted by molar-refractivity contribution is 0.102. The van der Waals surface area contributed by atoms with E-state index in [9.17, 15) is 9.18 Å². The van der Waals surface area contributed by atoms with Crippen LogP contribution in [0.2, 0.25) is 0 Å². The number of aromatic amines is 1. The van der Waals surface area contributed by atoms with Gasteiger partial charge in [-0.2, -0.15) is 10.2 Å². The van der Waals surface area contributed by atoms with E-state index in [0.717, 1.165) is 16.7 Å². The van der Waals surface area contributed by atoms with Crippen molar-refractivity contribution in [1.82, 2.24) is 20.0 Å². The molecule has 0 bridgehead atoms. The van der Waals surface area contributed by atoms with Gasteiger partial charge in [0, 0.05) is 11.8 Å². The SMILES string of the molecule is Cc1ccc(-c2cc(C(=O)Nc3cnn(Cc4ccc(F)cc4)c3)[nH]n2)cc1. The highest BCUT2D eigenvalue weighted by Gasteiger charge is 2.12. The number of aromatic nitrogens is 4. The Hall–Kier alpha value is -3.74. The minimum atomic E-state index is -0.299. The maximum absolute atomic E-state index is 13.0. The Kier molecular flexibility index (Phi) is 4.72. The lowest BCUT2D eigenvalue weighted by Crippen LogP contribution is -2.11. The average Bonchev–Trinajstić information content (AvgIpc) is 3.34. The van der Waals surface area contributed by atoms with Crippen LogP contribution < -0.4 is 5.32 Å². The number of nitrogens with one attached hydrogen (secondary N) is 2. The maximum Gasteiger partial charge on any atom is 0.273 e. The van der Waals surface area contributed by atoms with E-state index >= 15 is 0 Å². The molecule has 6 nitrogen and oxygen atoms in total. The summed E-state index contributed by atoms with van der Waals surface area (Å²) in [4.78, 5) is 12.5.